The molecular weight excluding hydrogens is 300 g/mol. The Morgan fingerprint density at radius 2 is 2.11 bits per heavy atom. The molecule has 0 aromatic heterocycles. The third kappa shape index (κ3) is 7.83. The topological polar surface area (TPSA) is 86.6 Å². The molecule has 0 unspecified atom stereocenters. The third-order valence-corrected chi connectivity index (χ3v) is 2.24. The second-order valence-electron chi connectivity index (χ2n) is 4.32. The molecule has 0 fully saturated rings. The second kappa shape index (κ2) is 7.86. The van der Waals surface area contributed by atoms with Crippen LogP contribution >= 0.6 is 15.9 Å². The van der Waals surface area contributed by atoms with Gasteiger partial charge >= 0.3 is 6.09 Å². The Morgan fingerprint density at radius 3 is 2.56 bits per heavy atom. The number of amides is 1. The van der Waals surface area contributed by atoms with Crippen LogP contribution in [0.5, 0.6) is 0 Å². The predicted molar refractivity (Wildman–Crippen MR) is 76.3 cm³/mol. The number of hydrogen-bond donors (Lipinski definition) is 3. The summed E-state index contributed by atoms with van der Waals surface area (Å²) in [6.45, 7) is 7.94. The quantitative estimate of drug-likeness (QED) is 0.413. The van der Waals surface area contributed by atoms with E-state index in [4.69, 9.17) is 10.1 Å². The summed E-state index contributed by atoms with van der Waals surface area (Å²) >= 11 is 3.26. The third-order valence-electron chi connectivity index (χ3n) is 1.50. The summed E-state index contributed by atoms with van der Waals surface area (Å²) in [7, 11) is 0. The first kappa shape index (κ1) is 16.6. The molecule has 1 amide bonds. The van der Waals surface area contributed by atoms with Crippen LogP contribution in [-0.4, -0.2) is 30.7 Å². The monoisotopic (exact) mass is 318 g/mol. The van der Waals surface area contributed by atoms with Crippen LogP contribution in [0.15, 0.2) is 15.3 Å². The summed E-state index contributed by atoms with van der Waals surface area (Å²) in [5.41, 5.74) is 2.17. The SMILES string of the molecule is CCN/C(Br)=C(C=N)/C=N/NC(=O)OC(C)(C)C. The molecule has 0 heterocycles. The van der Waals surface area contributed by atoms with Gasteiger partial charge in [0, 0.05) is 18.3 Å². The molecule has 0 aliphatic heterocycles. The Bertz CT molecular complexity index is 359. The summed E-state index contributed by atoms with van der Waals surface area (Å²) in [5, 5.41) is 13.9. The fourth-order valence-corrected chi connectivity index (χ4v) is 1.37. The van der Waals surface area contributed by atoms with Gasteiger partial charge in [0.05, 0.1) is 10.8 Å². The van der Waals surface area contributed by atoms with Gasteiger partial charge < -0.3 is 15.5 Å². The minimum absolute atomic E-state index is 0.507. The number of ether oxygens (including phenoxy) is 1. The van der Waals surface area contributed by atoms with E-state index in [0.29, 0.717) is 16.7 Å². The lowest BCUT2D eigenvalue weighted by Crippen LogP contribution is -2.29. The van der Waals surface area contributed by atoms with Crippen molar-refractivity contribution < 1.29 is 9.53 Å². The molecule has 0 aromatic carbocycles. The normalized spacial score (nSPS) is 12.9. The number of hydrogen-bond acceptors (Lipinski definition) is 5. The lowest BCUT2D eigenvalue weighted by Gasteiger charge is -2.18. The number of halogens is 1. The highest BCUT2D eigenvalue weighted by atomic mass is 79.9. The Hall–Kier alpha value is -1.37. The maximum Gasteiger partial charge on any atom is 0.428 e. The van der Waals surface area contributed by atoms with Gasteiger partial charge in [-0.15, -0.1) is 0 Å². The molecule has 6 nitrogen and oxygen atoms in total. The Morgan fingerprint density at radius 1 is 1.50 bits per heavy atom. The molecule has 0 saturated carbocycles. The Kier molecular flexibility index (Phi) is 7.26. The molecule has 0 bridgehead atoms. The van der Waals surface area contributed by atoms with Crippen LogP contribution < -0.4 is 10.7 Å². The molecule has 0 spiro atoms. The summed E-state index contributed by atoms with van der Waals surface area (Å²) in [4.78, 5) is 11.3. The first-order valence-corrected chi connectivity index (χ1v) is 6.25. The lowest BCUT2D eigenvalue weighted by atomic mass is 10.2. The van der Waals surface area contributed by atoms with Gasteiger partial charge in [0.2, 0.25) is 0 Å². The summed E-state index contributed by atoms with van der Waals surface area (Å²) in [5.74, 6) is 0. The van der Waals surface area contributed by atoms with Crippen molar-refractivity contribution in [3.63, 3.8) is 0 Å². The highest BCUT2D eigenvalue weighted by molar-refractivity contribution is 9.11. The zero-order valence-corrected chi connectivity index (χ0v) is 12.6. The molecular formula is C11H19BrN4O2. The molecule has 0 aliphatic carbocycles. The number of carbonyl (C=O) groups excluding carboxylic acids is 1. The number of hydrazone groups is 1. The van der Waals surface area contributed by atoms with E-state index in [0.717, 1.165) is 6.21 Å². The number of nitrogens with zero attached hydrogens (tertiary/aromatic N) is 1. The number of rotatable bonds is 5. The zero-order valence-electron chi connectivity index (χ0n) is 11.0. The molecule has 7 heteroatoms. The number of carbonyl (C=O) groups is 1. The maximum atomic E-state index is 11.3. The maximum absolute atomic E-state index is 11.3. The average molecular weight is 319 g/mol. The highest BCUT2D eigenvalue weighted by Gasteiger charge is 2.15. The van der Waals surface area contributed by atoms with E-state index in [-0.39, 0.29) is 0 Å². The van der Waals surface area contributed by atoms with Crippen molar-refractivity contribution in [3.05, 3.63) is 10.2 Å². The van der Waals surface area contributed by atoms with Crippen molar-refractivity contribution in [3.8, 4) is 0 Å². The molecule has 0 radical (unpaired) electrons. The zero-order chi connectivity index (χ0) is 14.2. The van der Waals surface area contributed by atoms with Crippen LogP contribution in [0, 0.1) is 5.41 Å². The largest absolute Gasteiger partial charge is 0.443 e. The van der Waals surface area contributed by atoms with E-state index in [2.05, 4.69) is 31.8 Å². The predicted octanol–water partition coefficient (Wildman–Crippen LogP) is 2.36. The molecule has 3 N–H and O–H groups in total. The second-order valence-corrected chi connectivity index (χ2v) is 5.11. The van der Waals surface area contributed by atoms with Crippen molar-refractivity contribution in [2.24, 2.45) is 5.10 Å². The highest BCUT2D eigenvalue weighted by Crippen LogP contribution is 2.06. The summed E-state index contributed by atoms with van der Waals surface area (Å²) in [6.07, 6.45) is 1.83. The van der Waals surface area contributed by atoms with E-state index >= 15 is 0 Å². The van der Waals surface area contributed by atoms with Gasteiger partial charge in [-0.25, -0.2) is 10.2 Å². The van der Waals surface area contributed by atoms with Gasteiger partial charge in [0.1, 0.15) is 5.60 Å². The standard InChI is InChI=1S/C11H19BrN4O2/c1-5-14-9(12)8(6-13)7-15-16-10(17)18-11(2,3)4/h6-7,13-14H,5H2,1-4H3,(H,16,17)/b9-8+,13-6?,15-7+. The van der Waals surface area contributed by atoms with Crippen LogP contribution in [0.4, 0.5) is 4.79 Å². The molecule has 0 aromatic rings. The van der Waals surface area contributed by atoms with Gasteiger partial charge in [0.15, 0.2) is 0 Å². The fraction of sp³-hybridized carbons (Fsp3) is 0.545. The minimum atomic E-state index is -0.636. The van der Waals surface area contributed by atoms with Crippen molar-refractivity contribution in [2.75, 3.05) is 6.54 Å². The van der Waals surface area contributed by atoms with E-state index in [1.165, 1.54) is 6.21 Å². The first-order valence-electron chi connectivity index (χ1n) is 5.46. The van der Waals surface area contributed by atoms with Crippen LogP contribution in [0.2, 0.25) is 0 Å². The average Bonchev–Trinajstić information content (AvgIpc) is 2.22. The Labute approximate surface area is 115 Å². The molecule has 0 atom stereocenters. The van der Waals surface area contributed by atoms with Gasteiger partial charge in [-0.2, -0.15) is 5.10 Å². The molecule has 18 heavy (non-hydrogen) atoms. The number of nitrogens with one attached hydrogen (secondary N) is 3. The van der Waals surface area contributed by atoms with Gasteiger partial charge in [-0.05, 0) is 43.6 Å². The van der Waals surface area contributed by atoms with E-state index in [1.54, 1.807) is 20.8 Å². The van der Waals surface area contributed by atoms with Gasteiger partial charge in [-0.1, -0.05) is 0 Å². The van der Waals surface area contributed by atoms with Crippen molar-refractivity contribution in [2.45, 2.75) is 33.3 Å². The van der Waals surface area contributed by atoms with Crippen LogP contribution in [0.25, 0.3) is 0 Å². The van der Waals surface area contributed by atoms with Gasteiger partial charge in [-0.3, -0.25) is 0 Å². The molecule has 102 valence electrons. The van der Waals surface area contributed by atoms with Gasteiger partial charge in [0.25, 0.3) is 0 Å². The van der Waals surface area contributed by atoms with E-state index < -0.39 is 11.7 Å². The van der Waals surface area contributed by atoms with E-state index in [9.17, 15) is 4.79 Å². The smallest absolute Gasteiger partial charge is 0.428 e. The molecule has 0 rings (SSSR count). The molecule has 0 saturated heterocycles. The summed E-state index contributed by atoms with van der Waals surface area (Å²) in [6, 6.07) is 0. The first-order chi connectivity index (χ1) is 8.30. The van der Waals surface area contributed by atoms with Crippen molar-refractivity contribution >= 4 is 34.5 Å². The summed E-state index contributed by atoms with van der Waals surface area (Å²) < 4.78 is 5.63. The minimum Gasteiger partial charge on any atom is -0.443 e. The van der Waals surface area contributed by atoms with Crippen molar-refractivity contribution in [1.82, 2.24) is 10.7 Å². The fourth-order valence-electron chi connectivity index (χ4n) is 0.870. The van der Waals surface area contributed by atoms with Crippen molar-refractivity contribution in [1.29, 1.82) is 5.41 Å². The molecule has 0 aliphatic rings. The van der Waals surface area contributed by atoms with Crippen LogP contribution in [0.1, 0.15) is 27.7 Å². The number of allylic oxidation sites excluding steroid dienone is 1. The Balaban J connectivity index is 4.43. The van der Waals surface area contributed by atoms with Crippen LogP contribution in [0.3, 0.4) is 0 Å². The van der Waals surface area contributed by atoms with Crippen LogP contribution in [-0.2, 0) is 4.74 Å². The lowest BCUT2D eigenvalue weighted by molar-refractivity contribution is 0.0529. The van der Waals surface area contributed by atoms with E-state index in [1.807, 2.05) is 6.92 Å².